The Morgan fingerprint density at radius 1 is 1.04 bits per heavy atom. The fraction of sp³-hybridized carbons (Fsp3) is 0.333. The van der Waals surface area contributed by atoms with Gasteiger partial charge in [0, 0.05) is 31.7 Å². The van der Waals surface area contributed by atoms with Crippen molar-refractivity contribution < 1.29 is 23.1 Å². The van der Waals surface area contributed by atoms with Gasteiger partial charge in [0.1, 0.15) is 11.6 Å². The fourth-order valence-electron chi connectivity index (χ4n) is 2.68. The van der Waals surface area contributed by atoms with Gasteiger partial charge in [-0.25, -0.2) is 9.18 Å². The van der Waals surface area contributed by atoms with E-state index in [1.807, 2.05) is 0 Å². The van der Waals surface area contributed by atoms with Gasteiger partial charge in [-0.05, 0) is 43.3 Å². The van der Waals surface area contributed by atoms with Gasteiger partial charge < -0.3 is 19.0 Å². The van der Waals surface area contributed by atoms with Crippen LogP contribution in [0.3, 0.4) is 0 Å². The zero-order valence-electron chi connectivity index (χ0n) is 13.9. The van der Waals surface area contributed by atoms with E-state index in [1.165, 1.54) is 12.1 Å². The van der Waals surface area contributed by atoms with Gasteiger partial charge >= 0.3 is 6.09 Å². The molecular formula is C18H19FN2O4. The van der Waals surface area contributed by atoms with Gasteiger partial charge in [-0.1, -0.05) is 0 Å². The van der Waals surface area contributed by atoms with E-state index in [9.17, 15) is 14.0 Å². The van der Waals surface area contributed by atoms with Crippen molar-refractivity contribution in [2.45, 2.75) is 6.92 Å². The Kier molecular flexibility index (Phi) is 5.02. The van der Waals surface area contributed by atoms with Crippen LogP contribution in [0.4, 0.5) is 9.18 Å². The molecule has 132 valence electrons. The molecule has 25 heavy (non-hydrogen) atoms. The van der Waals surface area contributed by atoms with Crippen LogP contribution in [0, 0.1) is 5.82 Å². The van der Waals surface area contributed by atoms with Crippen LogP contribution >= 0.6 is 0 Å². The second-order valence-corrected chi connectivity index (χ2v) is 5.65. The molecule has 1 saturated heterocycles. The van der Waals surface area contributed by atoms with Gasteiger partial charge in [0.2, 0.25) is 0 Å². The minimum Gasteiger partial charge on any atom is -0.451 e. The van der Waals surface area contributed by atoms with E-state index in [4.69, 9.17) is 9.15 Å². The summed E-state index contributed by atoms with van der Waals surface area (Å²) in [6.45, 7) is 3.78. The molecule has 1 aliphatic rings. The zero-order valence-corrected chi connectivity index (χ0v) is 13.9. The second kappa shape index (κ2) is 7.38. The average Bonchev–Trinajstić information content (AvgIpc) is 3.12. The standard InChI is InChI=1S/C18H19FN2O4/c1-2-24-18(23)21-11-9-20(10-12-21)17(22)16-8-7-15(25-16)13-3-5-14(19)6-4-13/h3-8H,2,9-12H2,1H3. The lowest BCUT2D eigenvalue weighted by Crippen LogP contribution is -2.50. The number of rotatable bonds is 3. The molecule has 0 saturated carbocycles. The smallest absolute Gasteiger partial charge is 0.409 e. The maximum atomic E-state index is 13.0. The van der Waals surface area contributed by atoms with E-state index >= 15 is 0 Å². The van der Waals surface area contributed by atoms with Gasteiger partial charge in [0.05, 0.1) is 6.61 Å². The zero-order chi connectivity index (χ0) is 17.8. The first-order valence-electron chi connectivity index (χ1n) is 8.15. The van der Waals surface area contributed by atoms with E-state index in [1.54, 1.807) is 41.0 Å². The Bertz CT molecular complexity index is 749. The molecule has 2 amide bonds. The van der Waals surface area contributed by atoms with Crippen LogP contribution in [0.1, 0.15) is 17.5 Å². The number of furan rings is 1. The van der Waals surface area contributed by atoms with E-state index in [0.29, 0.717) is 44.1 Å². The molecule has 7 heteroatoms. The molecule has 2 aromatic rings. The number of nitrogens with zero attached hydrogens (tertiary/aromatic N) is 2. The monoisotopic (exact) mass is 346 g/mol. The summed E-state index contributed by atoms with van der Waals surface area (Å²) in [7, 11) is 0. The van der Waals surface area contributed by atoms with E-state index in [2.05, 4.69) is 0 Å². The number of ether oxygens (including phenoxy) is 1. The largest absolute Gasteiger partial charge is 0.451 e. The minimum atomic E-state index is -0.355. The summed E-state index contributed by atoms with van der Waals surface area (Å²) in [5.74, 6) is 0.181. The van der Waals surface area contributed by atoms with Gasteiger partial charge in [0.25, 0.3) is 5.91 Å². The summed E-state index contributed by atoms with van der Waals surface area (Å²) in [6, 6.07) is 9.18. The molecule has 0 unspecified atom stereocenters. The SMILES string of the molecule is CCOC(=O)N1CCN(C(=O)c2ccc(-c3ccc(F)cc3)o2)CC1. The van der Waals surface area contributed by atoms with Crippen molar-refractivity contribution in [3.63, 3.8) is 0 Å². The Balaban J connectivity index is 1.63. The first kappa shape index (κ1) is 17.0. The average molecular weight is 346 g/mol. The number of amides is 2. The molecule has 0 aliphatic carbocycles. The number of hydrogen-bond acceptors (Lipinski definition) is 4. The lowest BCUT2D eigenvalue weighted by molar-refractivity contribution is 0.0547. The molecule has 0 N–H and O–H groups in total. The van der Waals surface area contributed by atoms with Gasteiger partial charge in [0.15, 0.2) is 5.76 Å². The molecule has 6 nitrogen and oxygen atoms in total. The van der Waals surface area contributed by atoms with Crippen LogP contribution in [0.25, 0.3) is 11.3 Å². The number of piperazine rings is 1. The highest BCUT2D eigenvalue weighted by Gasteiger charge is 2.27. The van der Waals surface area contributed by atoms with Crippen molar-refractivity contribution in [2.75, 3.05) is 32.8 Å². The third kappa shape index (κ3) is 3.81. The Labute approximate surface area is 144 Å². The molecule has 1 fully saturated rings. The predicted octanol–water partition coefficient (Wildman–Crippen LogP) is 3.00. The van der Waals surface area contributed by atoms with Gasteiger partial charge in [-0.15, -0.1) is 0 Å². The summed E-state index contributed by atoms with van der Waals surface area (Å²) in [5, 5.41) is 0. The lowest BCUT2D eigenvalue weighted by Gasteiger charge is -2.33. The topological polar surface area (TPSA) is 63.0 Å². The van der Waals surface area contributed by atoms with Crippen molar-refractivity contribution in [3.05, 3.63) is 48.0 Å². The maximum absolute atomic E-state index is 13.0. The highest BCUT2D eigenvalue weighted by Crippen LogP contribution is 2.23. The van der Waals surface area contributed by atoms with Crippen LogP contribution in [0.15, 0.2) is 40.8 Å². The third-order valence-corrected chi connectivity index (χ3v) is 4.04. The fourth-order valence-corrected chi connectivity index (χ4v) is 2.68. The summed E-state index contributed by atoms with van der Waals surface area (Å²) < 4.78 is 23.6. The molecule has 0 bridgehead atoms. The molecule has 1 aromatic carbocycles. The molecule has 1 aliphatic heterocycles. The summed E-state index contributed by atoms with van der Waals surface area (Å²) in [4.78, 5) is 27.4. The summed E-state index contributed by atoms with van der Waals surface area (Å²) >= 11 is 0. The van der Waals surface area contributed by atoms with Crippen molar-refractivity contribution in [2.24, 2.45) is 0 Å². The van der Waals surface area contributed by atoms with Crippen LogP contribution < -0.4 is 0 Å². The maximum Gasteiger partial charge on any atom is 0.409 e. The van der Waals surface area contributed by atoms with Crippen LogP contribution in [0.5, 0.6) is 0 Å². The summed E-state index contributed by atoms with van der Waals surface area (Å²) in [6.07, 6.45) is -0.355. The third-order valence-electron chi connectivity index (χ3n) is 4.04. The molecule has 0 radical (unpaired) electrons. The molecule has 0 spiro atoms. The first-order valence-corrected chi connectivity index (χ1v) is 8.15. The number of hydrogen-bond donors (Lipinski definition) is 0. The van der Waals surface area contributed by atoms with Crippen molar-refractivity contribution in [1.82, 2.24) is 9.80 Å². The Hall–Kier alpha value is -2.83. The van der Waals surface area contributed by atoms with E-state index in [-0.39, 0.29) is 23.6 Å². The first-order chi connectivity index (χ1) is 12.1. The van der Waals surface area contributed by atoms with Crippen molar-refractivity contribution in [1.29, 1.82) is 0 Å². The van der Waals surface area contributed by atoms with Gasteiger partial charge in [-0.3, -0.25) is 4.79 Å². The van der Waals surface area contributed by atoms with Crippen molar-refractivity contribution >= 4 is 12.0 Å². The Morgan fingerprint density at radius 2 is 1.68 bits per heavy atom. The molecule has 2 heterocycles. The molecule has 1 aromatic heterocycles. The number of halogens is 1. The number of carbonyl (C=O) groups is 2. The number of carbonyl (C=O) groups excluding carboxylic acids is 2. The van der Waals surface area contributed by atoms with Crippen LogP contribution in [0.2, 0.25) is 0 Å². The molecule has 3 rings (SSSR count). The number of benzene rings is 1. The highest BCUT2D eigenvalue weighted by atomic mass is 19.1. The van der Waals surface area contributed by atoms with E-state index < -0.39 is 0 Å². The highest BCUT2D eigenvalue weighted by molar-refractivity contribution is 5.92. The normalized spacial score (nSPS) is 14.5. The quantitative estimate of drug-likeness (QED) is 0.857. The Morgan fingerprint density at radius 3 is 2.32 bits per heavy atom. The molecular weight excluding hydrogens is 327 g/mol. The second-order valence-electron chi connectivity index (χ2n) is 5.65. The van der Waals surface area contributed by atoms with Crippen LogP contribution in [-0.2, 0) is 4.74 Å². The van der Waals surface area contributed by atoms with Crippen LogP contribution in [-0.4, -0.2) is 54.6 Å². The lowest BCUT2D eigenvalue weighted by atomic mass is 10.2. The minimum absolute atomic E-state index is 0.225. The summed E-state index contributed by atoms with van der Waals surface area (Å²) in [5.41, 5.74) is 0.701. The van der Waals surface area contributed by atoms with Gasteiger partial charge in [-0.2, -0.15) is 0 Å². The van der Waals surface area contributed by atoms with Crippen molar-refractivity contribution in [3.8, 4) is 11.3 Å². The van der Waals surface area contributed by atoms with E-state index in [0.717, 1.165) is 0 Å². The predicted molar refractivity (Wildman–Crippen MR) is 88.6 cm³/mol. The molecule has 0 atom stereocenters.